The highest BCUT2D eigenvalue weighted by Gasteiger charge is 2.32. The smallest absolute Gasteiger partial charge is 0.276 e. The molecule has 0 aliphatic rings. The molecule has 0 aliphatic heterocycles. The van der Waals surface area contributed by atoms with Crippen LogP contribution >= 0.6 is 23.4 Å². The number of carbonyl (C=O) groups is 2. The van der Waals surface area contributed by atoms with E-state index in [-0.39, 0.29) is 27.9 Å². The molecule has 2 aromatic carbocycles. The maximum absolute atomic E-state index is 13.1. The van der Waals surface area contributed by atoms with Crippen LogP contribution in [0, 0.1) is 0 Å². The number of carbonyl (C=O) groups excluding carboxylic acids is 2. The van der Waals surface area contributed by atoms with E-state index in [1.54, 1.807) is 44.2 Å². The van der Waals surface area contributed by atoms with E-state index in [1.807, 2.05) is 0 Å². The summed E-state index contributed by atoms with van der Waals surface area (Å²) in [5.74, 6) is -0.228. The summed E-state index contributed by atoms with van der Waals surface area (Å²) in [6.07, 6.45) is 0. The zero-order chi connectivity index (χ0) is 24.5. The summed E-state index contributed by atoms with van der Waals surface area (Å²) in [5, 5.41) is 8.16. The molecule has 1 unspecified atom stereocenters. The van der Waals surface area contributed by atoms with Gasteiger partial charge in [0.1, 0.15) is 39.4 Å². The Morgan fingerprint density at radius 3 is 2.03 bits per heavy atom. The van der Waals surface area contributed by atoms with Crippen molar-refractivity contribution in [2.75, 3.05) is 31.9 Å². The van der Waals surface area contributed by atoms with Gasteiger partial charge in [-0.25, -0.2) is 4.42 Å². The van der Waals surface area contributed by atoms with E-state index in [2.05, 4.69) is 10.2 Å². The number of ether oxygens (including phenoxy) is 4. The van der Waals surface area contributed by atoms with E-state index in [0.717, 1.165) is 4.42 Å². The standard InChI is InChI=1S/C22H25Cl2N3O6/c1-6-32-14-11-12-15(33-7-2)20(18(14)23)26-25-19(13(3)28)22(29)27(24)21-16(30-4)9-8-10-17(21)31-5/h8-12,19H,6-7H2,1-5H3. The predicted octanol–water partition coefficient (Wildman–Crippen LogP) is 5.38. The number of methoxy groups -OCH3 is 2. The number of Topliss-reactive ketones (excluding diaryl/α,β-unsaturated/α-hetero) is 1. The Hall–Kier alpha value is -3.04. The first kappa shape index (κ1) is 26.2. The lowest BCUT2D eigenvalue weighted by Crippen LogP contribution is -2.36. The zero-order valence-electron chi connectivity index (χ0n) is 18.9. The van der Waals surface area contributed by atoms with Crippen molar-refractivity contribution in [3.8, 4) is 23.0 Å². The van der Waals surface area contributed by atoms with Crippen LogP contribution < -0.4 is 23.4 Å². The Morgan fingerprint density at radius 1 is 0.970 bits per heavy atom. The molecule has 33 heavy (non-hydrogen) atoms. The molecule has 0 bridgehead atoms. The summed E-state index contributed by atoms with van der Waals surface area (Å²) in [7, 11) is 2.83. The first-order valence-electron chi connectivity index (χ1n) is 10.0. The monoisotopic (exact) mass is 497 g/mol. The van der Waals surface area contributed by atoms with Crippen LogP contribution in [-0.4, -0.2) is 45.2 Å². The van der Waals surface area contributed by atoms with Crippen LogP contribution in [0.2, 0.25) is 5.02 Å². The summed E-state index contributed by atoms with van der Waals surface area (Å²) in [6.45, 7) is 5.51. The second-order valence-electron chi connectivity index (χ2n) is 6.45. The van der Waals surface area contributed by atoms with Crippen molar-refractivity contribution in [1.82, 2.24) is 0 Å². The number of nitrogens with zero attached hydrogens (tertiary/aromatic N) is 3. The normalized spacial score (nSPS) is 11.7. The maximum atomic E-state index is 13.1. The quantitative estimate of drug-likeness (QED) is 0.234. The van der Waals surface area contributed by atoms with Crippen molar-refractivity contribution in [3.05, 3.63) is 35.4 Å². The number of hydrogen-bond donors (Lipinski definition) is 0. The van der Waals surface area contributed by atoms with Gasteiger partial charge < -0.3 is 18.9 Å². The number of halogens is 2. The Labute approximate surface area is 202 Å². The molecule has 11 heteroatoms. The summed E-state index contributed by atoms with van der Waals surface area (Å²) < 4.78 is 22.3. The lowest BCUT2D eigenvalue weighted by Gasteiger charge is -2.21. The molecule has 0 radical (unpaired) electrons. The first-order valence-corrected chi connectivity index (χ1v) is 10.7. The van der Waals surface area contributed by atoms with Crippen LogP contribution in [0.1, 0.15) is 20.8 Å². The molecule has 1 amide bonds. The van der Waals surface area contributed by atoms with Gasteiger partial charge in [0, 0.05) is 11.8 Å². The SMILES string of the molecule is CCOc1ccc(OCC)c(N=NC(C(C)=O)C(=O)N(Cl)c2c(OC)cccc2OC)c1Cl. The Balaban J connectivity index is 2.48. The Kier molecular flexibility index (Phi) is 9.74. The van der Waals surface area contributed by atoms with Gasteiger partial charge in [-0.05, 0) is 45.0 Å². The third-order valence-electron chi connectivity index (χ3n) is 4.33. The van der Waals surface area contributed by atoms with Gasteiger partial charge in [-0.15, -0.1) is 5.11 Å². The number of anilines is 1. The molecule has 178 valence electrons. The molecular weight excluding hydrogens is 473 g/mol. The van der Waals surface area contributed by atoms with Crippen LogP contribution in [0.5, 0.6) is 23.0 Å². The minimum absolute atomic E-state index is 0.125. The fourth-order valence-corrected chi connectivity index (χ4v) is 3.33. The third kappa shape index (κ3) is 6.06. The third-order valence-corrected chi connectivity index (χ3v) is 5.03. The summed E-state index contributed by atoms with van der Waals surface area (Å²) in [4.78, 5) is 25.4. The number of para-hydroxylation sites is 1. The molecular formula is C22H25Cl2N3O6. The van der Waals surface area contributed by atoms with Crippen molar-refractivity contribution in [1.29, 1.82) is 0 Å². The lowest BCUT2D eigenvalue weighted by molar-refractivity contribution is -0.126. The molecule has 0 heterocycles. The van der Waals surface area contributed by atoms with Crippen molar-refractivity contribution in [2.24, 2.45) is 10.2 Å². The van der Waals surface area contributed by atoms with Gasteiger partial charge in [0.15, 0.2) is 5.78 Å². The fraction of sp³-hybridized carbons (Fsp3) is 0.364. The Bertz CT molecular complexity index is 1010. The summed E-state index contributed by atoms with van der Waals surface area (Å²) >= 11 is 12.7. The number of azo groups is 1. The molecule has 9 nitrogen and oxygen atoms in total. The maximum Gasteiger partial charge on any atom is 0.276 e. The van der Waals surface area contributed by atoms with Crippen LogP contribution in [-0.2, 0) is 9.59 Å². The van der Waals surface area contributed by atoms with E-state index in [0.29, 0.717) is 24.7 Å². The largest absolute Gasteiger partial charge is 0.494 e. The van der Waals surface area contributed by atoms with E-state index in [1.165, 1.54) is 21.1 Å². The van der Waals surface area contributed by atoms with Crippen LogP contribution in [0.4, 0.5) is 11.4 Å². The van der Waals surface area contributed by atoms with Gasteiger partial charge in [-0.3, -0.25) is 9.59 Å². The van der Waals surface area contributed by atoms with E-state index >= 15 is 0 Å². The van der Waals surface area contributed by atoms with Crippen molar-refractivity contribution < 1.29 is 28.5 Å². The lowest BCUT2D eigenvalue weighted by atomic mass is 10.2. The van der Waals surface area contributed by atoms with Gasteiger partial charge >= 0.3 is 0 Å². The highest BCUT2D eigenvalue weighted by molar-refractivity contribution is 6.40. The minimum Gasteiger partial charge on any atom is -0.494 e. The fourth-order valence-electron chi connectivity index (χ4n) is 2.82. The van der Waals surface area contributed by atoms with Crippen molar-refractivity contribution in [3.63, 3.8) is 0 Å². The molecule has 0 saturated carbocycles. The average molecular weight is 498 g/mol. The van der Waals surface area contributed by atoms with E-state index in [9.17, 15) is 9.59 Å². The minimum atomic E-state index is -1.56. The molecule has 0 saturated heterocycles. The van der Waals surface area contributed by atoms with Crippen molar-refractivity contribution in [2.45, 2.75) is 26.8 Å². The summed E-state index contributed by atoms with van der Waals surface area (Å²) in [5.41, 5.74) is 0.251. The van der Waals surface area contributed by atoms with Crippen LogP contribution in [0.15, 0.2) is 40.6 Å². The van der Waals surface area contributed by atoms with Gasteiger partial charge in [0.05, 0.1) is 27.4 Å². The van der Waals surface area contributed by atoms with Gasteiger partial charge in [0.2, 0.25) is 6.04 Å². The van der Waals surface area contributed by atoms with E-state index in [4.69, 9.17) is 42.3 Å². The number of ketones is 1. The molecule has 2 aromatic rings. The number of benzene rings is 2. The molecule has 2 rings (SSSR count). The van der Waals surface area contributed by atoms with Gasteiger partial charge in [-0.2, -0.15) is 5.11 Å². The molecule has 0 spiro atoms. The second-order valence-corrected chi connectivity index (χ2v) is 7.17. The number of hydrogen-bond acceptors (Lipinski definition) is 8. The molecule has 0 fully saturated rings. The predicted molar refractivity (Wildman–Crippen MR) is 126 cm³/mol. The zero-order valence-corrected chi connectivity index (χ0v) is 20.4. The molecule has 0 aromatic heterocycles. The highest BCUT2D eigenvalue weighted by atomic mass is 35.5. The number of rotatable bonds is 11. The van der Waals surface area contributed by atoms with Gasteiger partial charge in [-0.1, -0.05) is 17.7 Å². The van der Waals surface area contributed by atoms with Crippen LogP contribution in [0.25, 0.3) is 0 Å². The first-order chi connectivity index (χ1) is 15.8. The van der Waals surface area contributed by atoms with Crippen LogP contribution in [0.3, 0.4) is 0 Å². The van der Waals surface area contributed by atoms with Crippen molar-refractivity contribution >= 4 is 46.4 Å². The van der Waals surface area contributed by atoms with Gasteiger partial charge in [0.25, 0.3) is 5.91 Å². The topological polar surface area (TPSA) is 99.0 Å². The summed E-state index contributed by atoms with van der Waals surface area (Å²) in [6, 6.07) is 6.56. The molecule has 0 aliphatic carbocycles. The van der Waals surface area contributed by atoms with E-state index < -0.39 is 17.7 Å². The molecule has 1 atom stereocenters. The number of amides is 1. The second kappa shape index (κ2) is 12.3. The average Bonchev–Trinajstić information content (AvgIpc) is 2.81. The molecule has 0 N–H and O–H groups in total. The highest BCUT2D eigenvalue weighted by Crippen LogP contribution is 2.43. The Morgan fingerprint density at radius 2 is 1.52 bits per heavy atom.